The summed E-state index contributed by atoms with van der Waals surface area (Å²) >= 11 is 6.13. The fourth-order valence-electron chi connectivity index (χ4n) is 6.89. The van der Waals surface area contributed by atoms with Crippen molar-refractivity contribution in [1.82, 2.24) is 33.6 Å². The van der Waals surface area contributed by atoms with Gasteiger partial charge in [-0.15, -0.1) is 5.10 Å². The van der Waals surface area contributed by atoms with Crippen LogP contribution >= 0.6 is 11.6 Å². The van der Waals surface area contributed by atoms with Crippen molar-refractivity contribution in [2.24, 2.45) is 0 Å². The first kappa shape index (κ1) is 36.8. The van der Waals surface area contributed by atoms with Gasteiger partial charge in [0.25, 0.3) is 17.0 Å². The Balaban J connectivity index is 1.13. The van der Waals surface area contributed by atoms with Crippen molar-refractivity contribution in [3.05, 3.63) is 84.9 Å². The average molecular weight is 798 g/mol. The number of ether oxygens (including phenoxy) is 3. The molecule has 0 aliphatic carbocycles. The van der Waals surface area contributed by atoms with Gasteiger partial charge in [-0.1, -0.05) is 18.5 Å². The van der Waals surface area contributed by atoms with Crippen LogP contribution in [-0.4, -0.2) is 90.1 Å². The number of hydrogen-bond acceptors (Lipinski definition) is 12. The van der Waals surface area contributed by atoms with Crippen molar-refractivity contribution < 1.29 is 42.1 Å². The zero-order chi connectivity index (χ0) is 39.5. The number of anilines is 2. The summed E-state index contributed by atoms with van der Waals surface area (Å²) in [5, 5.41) is 17.4. The number of benzene rings is 2. The average Bonchev–Trinajstić information content (AvgIpc) is 3.85. The van der Waals surface area contributed by atoms with E-state index in [1.54, 1.807) is 30.0 Å². The van der Waals surface area contributed by atoms with E-state index in [2.05, 4.69) is 20.4 Å². The van der Waals surface area contributed by atoms with E-state index >= 15 is 0 Å². The van der Waals surface area contributed by atoms with Gasteiger partial charge in [0, 0.05) is 31.7 Å². The molecule has 0 bridgehead atoms. The van der Waals surface area contributed by atoms with Crippen LogP contribution in [0.1, 0.15) is 34.5 Å². The van der Waals surface area contributed by atoms with Crippen LogP contribution in [0, 0.1) is 0 Å². The van der Waals surface area contributed by atoms with Crippen molar-refractivity contribution in [3.8, 4) is 28.6 Å². The molecule has 8 rings (SSSR count). The van der Waals surface area contributed by atoms with Gasteiger partial charge < -0.3 is 39.0 Å². The second-order valence-corrected chi connectivity index (χ2v) is 13.4. The Hall–Kier alpha value is -6.15. The Morgan fingerprint density at radius 3 is 2.48 bits per heavy atom. The Kier molecular flexibility index (Phi) is 9.31. The maximum atomic E-state index is 14.4. The molecular weight excluding hydrogens is 767 g/mol. The maximum absolute atomic E-state index is 14.4. The van der Waals surface area contributed by atoms with E-state index in [0.29, 0.717) is 28.8 Å². The normalized spacial score (nSPS) is 15.3. The summed E-state index contributed by atoms with van der Waals surface area (Å²) in [4.78, 5) is 66.4. The van der Waals surface area contributed by atoms with Gasteiger partial charge in [0.05, 0.1) is 35.1 Å². The number of aromatic nitrogens is 6. The Labute approximate surface area is 318 Å². The molecule has 17 nitrogen and oxygen atoms in total. The molecule has 3 aliphatic rings. The first-order chi connectivity index (χ1) is 26.8. The molecule has 0 spiro atoms. The van der Waals surface area contributed by atoms with Gasteiger partial charge in [0.2, 0.25) is 24.2 Å². The van der Waals surface area contributed by atoms with Gasteiger partial charge in [-0.25, -0.2) is 4.98 Å². The van der Waals surface area contributed by atoms with Crippen LogP contribution in [0.3, 0.4) is 0 Å². The van der Waals surface area contributed by atoms with Gasteiger partial charge in [-0.3, -0.25) is 23.7 Å². The van der Waals surface area contributed by atoms with E-state index in [1.807, 2.05) is 0 Å². The number of amides is 2. The van der Waals surface area contributed by atoms with Crippen LogP contribution < -0.4 is 30.8 Å². The van der Waals surface area contributed by atoms with Crippen molar-refractivity contribution in [3.63, 3.8) is 0 Å². The van der Waals surface area contributed by atoms with Crippen LogP contribution in [0.15, 0.2) is 46.0 Å². The lowest BCUT2D eigenvalue weighted by atomic mass is 10.2. The predicted octanol–water partition coefficient (Wildman–Crippen LogP) is 2.91. The Bertz CT molecular complexity index is 2550. The van der Waals surface area contributed by atoms with E-state index in [-0.39, 0.29) is 93.0 Å². The Morgan fingerprint density at radius 1 is 0.982 bits per heavy atom. The zero-order valence-electron chi connectivity index (χ0n) is 29.4. The van der Waals surface area contributed by atoms with Crippen molar-refractivity contribution in [2.45, 2.75) is 39.2 Å². The molecule has 56 heavy (non-hydrogen) atoms. The molecule has 2 N–H and O–H groups in total. The first-order valence-electron chi connectivity index (χ1n) is 17.4. The van der Waals surface area contributed by atoms with Gasteiger partial charge in [0.1, 0.15) is 24.7 Å². The number of aromatic hydroxyl groups is 1. The summed E-state index contributed by atoms with van der Waals surface area (Å²) in [6.07, 6.45) is -4.42. The number of halogens is 4. The first-order valence-corrected chi connectivity index (χ1v) is 17.7. The second kappa shape index (κ2) is 14.2. The second-order valence-electron chi connectivity index (χ2n) is 13.0. The van der Waals surface area contributed by atoms with E-state index in [0.717, 1.165) is 16.6 Å². The monoisotopic (exact) mass is 797 g/mol. The van der Waals surface area contributed by atoms with Gasteiger partial charge in [-0.2, -0.15) is 22.7 Å². The maximum Gasteiger partial charge on any atom is 0.416 e. The molecule has 21 heteroatoms. The standard InChI is InChI=1S/C35H31ClF3N9O8/c1-2-22-28(44-7-9-45(10-8-44)31(51)27-29(50)33(53)46-11-12-54-16-25(46)41-27)32(52)48-34(42-30(43-48)18-3-6-23-24(13-18)56-17-55-23)47(22)15-26(49)40-21-5-4-19(14-20(21)36)35(37,38)39/h3-6,13-14,50H,2,7-12,15-17H2,1H3,(H,40,49). The molecule has 6 heterocycles. The van der Waals surface area contributed by atoms with Crippen LogP contribution in [0.2, 0.25) is 5.02 Å². The lowest BCUT2D eigenvalue weighted by Gasteiger charge is -2.36. The highest BCUT2D eigenvalue weighted by molar-refractivity contribution is 6.33. The molecule has 3 aliphatic heterocycles. The summed E-state index contributed by atoms with van der Waals surface area (Å²) in [6.45, 7) is 2.22. The largest absolute Gasteiger partial charge is 0.501 e. The van der Waals surface area contributed by atoms with Gasteiger partial charge in [0.15, 0.2) is 23.0 Å². The minimum atomic E-state index is -4.64. The summed E-state index contributed by atoms with van der Waals surface area (Å²) in [6, 6.07) is 7.57. The number of nitrogens with one attached hydrogen (secondary N) is 1. The molecule has 3 aromatic heterocycles. The molecule has 292 valence electrons. The fraction of sp³-hybridized carbons (Fsp3) is 0.343. The number of nitrogens with zero attached hydrogens (tertiary/aromatic N) is 8. The quantitative estimate of drug-likeness (QED) is 0.246. The van der Waals surface area contributed by atoms with Crippen molar-refractivity contribution >= 4 is 40.6 Å². The molecule has 2 amide bonds. The molecule has 5 aromatic rings. The molecule has 1 fully saturated rings. The van der Waals surface area contributed by atoms with E-state index < -0.39 is 52.7 Å². The number of fused-ring (bicyclic) bond motifs is 3. The number of alkyl halides is 3. The molecule has 0 radical (unpaired) electrons. The fourth-order valence-corrected chi connectivity index (χ4v) is 7.12. The molecule has 0 saturated carbocycles. The van der Waals surface area contributed by atoms with Crippen molar-refractivity contribution in [2.75, 3.05) is 49.8 Å². The minimum Gasteiger partial charge on any atom is -0.501 e. The third-order valence-electron chi connectivity index (χ3n) is 9.66. The smallest absolute Gasteiger partial charge is 0.416 e. The lowest BCUT2D eigenvalue weighted by Crippen LogP contribution is -2.51. The predicted molar refractivity (Wildman–Crippen MR) is 191 cm³/mol. The number of piperazine rings is 1. The Morgan fingerprint density at radius 2 is 1.75 bits per heavy atom. The number of carbonyl (C=O) groups excluding carboxylic acids is 2. The molecule has 1 saturated heterocycles. The number of carbonyl (C=O) groups is 2. The van der Waals surface area contributed by atoms with Gasteiger partial charge in [-0.05, 0) is 42.8 Å². The van der Waals surface area contributed by atoms with Crippen LogP contribution in [-0.2, 0) is 41.8 Å². The molecule has 0 atom stereocenters. The van der Waals surface area contributed by atoms with E-state index in [4.69, 9.17) is 25.8 Å². The zero-order valence-corrected chi connectivity index (χ0v) is 30.2. The topological polar surface area (TPSA) is 188 Å². The summed E-state index contributed by atoms with van der Waals surface area (Å²) in [5.41, 5.74) is -1.67. The highest BCUT2D eigenvalue weighted by atomic mass is 35.5. The van der Waals surface area contributed by atoms with Gasteiger partial charge >= 0.3 is 6.18 Å². The lowest BCUT2D eigenvalue weighted by molar-refractivity contribution is -0.137. The highest BCUT2D eigenvalue weighted by Gasteiger charge is 2.33. The van der Waals surface area contributed by atoms with E-state index in [9.17, 15) is 37.5 Å². The van der Waals surface area contributed by atoms with Crippen LogP contribution in [0.5, 0.6) is 17.2 Å². The summed E-state index contributed by atoms with van der Waals surface area (Å²) < 4.78 is 59.9. The molecule has 2 aromatic carbocycles. The third kappa shape index (κ3) is 6.53. The molecule has 0 unspecified atom stereocenters. The summed E-state index contributed by atoms with van der Waals surface area (Å²) in [5.74, 6) is -0.777. The van der Waals surface area contributed by atoms with Crippen molar-refractivity contribution in [1.29, 1.82) is 0 Å². The number of rotatable bonds is 7. The number of hydrogen-bond donors (Lipinski definition) is 2. The minimum absolute atomic E-state index is 0.00614. The van der Waals surface area contributed by atoms with Crippen LogP contribution in [0.25, 0.3) is 17.2 Å². The van der Waals surface area contributed by atoms with E-state index in [1.165, 1.54) is 14.0 Å². The van der Waals surface area contributed by atoms with Crippen LogP contribution in [0.4, 0.5) is 24.5 Å². The SMILES string of the molecule is CCc1c(N2CCN(C(=O)c3nc4n(c(=O)c3O)CCOC4)CC2)c(=O)n2nc(-c3ccc4c(c3)OCO4)nc2n1CC(=O)Nc1ccc(C(F)(F)F)cc1Cl. The third-order valence-corrected chi connectivity index (χ3v) is 9.98. The summed E-state index contributed by atoms with van der Waals surface area (Å²) in [7, 11) is 0. The highest BCUT2D eigenvalue weighted by Crippen LogP contribution is 2.36. The molecular formula is C35H31ClF3N9O8.